The van der Waals surface area contributed by atoms with Crippen LogP contribution in [-0.2, 0) is 6.42 Å². The van der Waals surface area contributed by atoms with Crippen LogP contribution in [0.2, 0.25) is 0 Å². The number of thioether (sulfide) groups is 1. The summed E-state index contributed by atoms with van der Waals surface area (Å²) in [4.78, 5) is 1.19. The second-order valence-electron chi connectivity index (χ2n) is 6.12. The maximum atomic E-state index is 14.4. The summed E-state index contributed by atoms with van der Waals surface area (Å²) in [6.07, 6.45) is 5.24. The maximum absolute atomic E-state index is 14.4. The van der Waals surface area contributed by atoms with E-state index in [1.807, 2.05) is 18.2 Å². The number of halogens is 1. The molecule has 25 heavy (non-hydrogen) atoms. The van der Waals surface area contributed by atoms with Crippen molar-refractivity contribution in [3.05, 3.63) is 59.9 Å². The lowest BCUT2D eigenvalue weighted by Gasteiger charge is -2.09. The molecular weight excluding hydrogens is 333 g/mol. The monoisotopic (exact) mass is 353 g/mol. The predicted molar refractivity (Wildman–Crippen MR) is 102 cm³/mol. The van der Waals surface area contributed by atoms with Crippen LogP contribution in [0.5, 0.6) is 0 Å². The summed E-state index contributed by atoms with van der Waals surface area (Å²) < 4.78 is 16.1. The molecule has 0 aliphatic carbocycles. The zero-order valence-corrected chi connectivity index (χ0v) is 14.9. The standard InChI is InChI=1S/C20H20FN3S/c1-25-18-12-5-2-8-14(18)19-15-9-6-7-13-22-20(15)24(23-19)17-11-4-3-10-16(17)21/h2-5,8,10-12,22H,6-7,9,13H2,1H3. The number of nitrogens with one attached hydrogen (secondary N) is 1. The van der Waals surface area contributed by atoms with E-state index < -0.39 is 0 Å². The van der Waals surface area contributed by atoms with E-state index in [0.717, 1.165) is 42.9 Å². The fourth-order valence-corrected chi connectivity index (χ4v) is 3.96. The molecule has 4 rings (SSSR count). The summed E-state index contributed by atoms with van der Waals surface area (Å²) in [6.45, 7) is 0.886. The molecule has 0 spiro atoms. The Morgan fingerprint density at radius 3 is 2.72 bits per heavy atom. The van der Waals surface area contributed by atoms with E-state index in [-0.39, 0.29) is 5.82 Å². The molecule has 1 aliphatic heterocycles. The van der Waals surface area contributed by atoms with Gasteiger partial charge in [-0.1, -0.05) is 30.3 Å². The highest BCUT2D eigenvalue weighted by Crippen LogP contribution is 2.37. The highest BCUT2D eigenvalue weighted by molar-refractivity contribution is 7.98. The van der Waals surface area contributed by atoms with Gasteiger partial charge in [0.2, 0.25) is 0 Å². The molecule has 1 N–H and O–H groups in total. The van der Waals surface area contributed by atoms with Crippen LogP contribution in [-0.4, -0.2) is 22.6 Å². The summed E-state index contributed by atoms with van der Waals surface area (Å²) in [7, 11) is 0. The van der Waals surface area contributed by atoms with Crippen molar-refractivity contribution in [3.8, 4) is 16.9 Å². The molecule has 0 unspecified atom stereocenters. The lowest BCUT2D eigenvalue weighted by Crippen LogP contribution is -2.08. The van der Waals surface area contributed by atoms with E-state index in [1.54, 1.807) is 28.6 Å². The topological polar surface area (TPSA) is 29.9 Å². The van der Waals surface area contributed by atoms with Crippen molar-refractivity contribution in [2.45, 2.75) is 24.2 Å². The number of fused-ring (bicyclic) bond motifs is 1. The molecule has 0 saturated heterocycles. The molecule has 3 aromatic rings. The molecule has 0 bridgehead atoms. The van der Waals surface area contributed by atoms with Crippen LogP contribution in [0.4, 0.5) is 10.2 Å². The summed E-state index contributed by atoms with van der Waals surface area (Å²) in [6, 6.07) is 15.1. The Labute approximate surface area is 151 Å². The first kappa shape index (κ1) is 16.2. The number of hydrogen-bond donors (Lipinski definition) is 1. The Morgan fingerprint density at radius 1 is 1.08 bits per heavy atom. The predicted octanol–water partition coefficient (Wildman–Crippen LogP) is 5.15. The number of aromatic nitrogens is 2. The normalized spacial score (nSPS) is 13.8. The van der Waals surface area contributed by atoms with Gasteiger partial charge in [-0.15, -0.1) is 11.8 Å². The van der Waals surface area contributed by atoms with E-state index in [4.69, 9.17) is 5.10 Å². The second-order valence-corrected chi connectivity index (χ2v) is 6.97. The zero-order chi connectivity index (χ0) is 17.2. The van der Waals surface area contributed by atoms with Crippen molar-refractivity contribution in [3.63, 3.8) is 0 Å². The average Bonchev–Trinajstić information content (AvgIpc) is 2.83. The number of rotatable bonds is 3. The minimum absolute atomic E-state index is 0.261. The molecule has 0 saturated carbocycles. The lowest BCUT2D eigenvalue weighted by molar-refractivity contribution is 0.611. The molecule has 0 atom stereocenters. The first-order valence-corrected chi connectivity index (χ1v) is 9.76. The Balaban J connectivity index is 1.96. The summed E-state index contributed by atoms with van der Waals surface area (Å²) in [5, 5.41) is 8.32. The molecule has 1 aromatic heterocycles. The van der Waals surface area contributed by atoms with Gasteiger partial charge in [0.15, 0.2) is 0 Å². The third-order valence-electron chi connectivity index (χ3n) is 4.57. The zero-order valence-electron chi connectivity index (χ0n) is 14.1. The van der Waals surface area contributed by atoms with Gasteiger partial charge in [0.25, 0.3) is 0 Å². The third kappa shape index (κ3) is 2.93. The van der Waals surface area contributed by atoms with Crippen LogP contribution in [0, 0.1) is 5.82 Å². The van der Waals surface area contributed by atoms with Crippen molar-refractivity contribution >= 4 is 17.6 Å². The molecule has 5 heteroatoms. The lowest BCUT2D eigenvalue weighted by atomic mass is 10.0. The molecule has 3 nitrogen and oxygen atoms in total. The van der Waals surface area contributed by atoms with Gasteiger partial charge in [0, 0.05) is 22.6 Å². The summed E-state index contributed by atoms with van der Waals surface area (Å²) in [5.41, 5.74) is 3.74. The van der Waals surface area contributed by atoms with E-state index in [0.29, 0.717) is 5.69 Å². The molecule has 0 amide bonds. The average molecular weight is 353 g/mol. The van der Waals surface area contributed by atoms with Crippen molar-refractivity contribution < 1.29 is 4.39 Å². The van der Waals surface area contributed by atoms with Crippen molar-refractivity contribution in [1.29, 1.82) is 0 Å². The van der Waals surface area contributed by atoms with Crippen LogP contribution >= 0.6 is 11.8 Å². The highest BCUT2D eigenvalue weighted by atomic mass is 32.2. The van der Waals surface area contributed by atoms with Gasteiger partial charge in [-0.05, 0) is 43.7 Å². The van der Waals surface area contributed by atoms with Crippen LogP contribution in [0.1, 0.15) is 18.4 Å². The van der Waals surface area contributed by atoms with E-state index in [2.05, 4.69) is 23.7 Å². The molecule has 0 fully saturated rings. The van der Waals surface area contributed by atoms with Gasteiger partial charge in [-0.3, -0.25) is 0 Å². The fraction of sp³-hybridized carbons (Fsp3) is 0.250. The van der Waals surface area contributed by atoms with Gasteiger partial charge in [0.05, 0.1) is 5.69 Å². The van der Waals surface area contributed by atoms with E-state index >= 15 is 0 Å². The number of benzene rings is 2. The van der Waals surface area contributed by atoms with Crippen molar-refractivity contribution in [1.82, 2.24) is 9.78 Å². The van der Waals surface area contributed by atoms with Gasteiger partial charge in [-0.2, -0.15) is 5.10 Å². The quantitative estimate of drug-likeness (QED) is 0.661. The van der Waals surface area contributed by atoms with Crippen LogP contribution < -0.4 is 5.32 Å². The molecule has 1 aliphatic rings. The molecule has 2 heterocycles. The number of hydrogen-bond acceptors (Lipinski definition) is 3. The Morgan fingerprint density at radius 2 is 1.88 bits per heavy atom. The van der Waals surface area contributed by atoms with Crippen molar-refractivity contribution in [2.24, 2.45) is 0 Å². The van der Waals surface area contributed by atoms with Crippen LogP contribution in [0.15, 0.2) is 53.4 Å². The van der Waals surface area contributed by atoms with E-state index in [1.165, 1.54) is 16.5 Å². The van der Waals surface area contributed by atoms with E-state index in [9.17, 15) is 4.39 Å². The smallest absolute Gasteiger partial charge is 0.148 e. The first-order chi connectivity index (χ1) is 12.3. The second kappa shape index (κ2) is 6.92. The van der Waals surface area contributed by atoms with Gasteiger partial charge < -0.3 is 5.32 Å². The fourth-order valence-electron chi connectivity index (χ4n) is 3.36. The van der Waals surface area contributed by atoms with Gasteiger partial charge >= 0.3 is 0 Å². The SMILES string of the molecule is CSc1ccccc1-c1nn(-c2ccccc2F)c2c1CCCCN2. The minimum atomic E-state index is -0.261. The number of anilines is 1. The number of para-hydroxylation sites is 1. The Hall–Kier alpha value is -2.27. The molecule has 128 valence electrons. The summed E-state index contributed by atoms with van der Waals surface area (Å²) in [5.74, 6) is 0.664. The third-order valence-corrected chi connectivity index (χ3v) is 5.37. The molecule has 2 aromatic carbocycles. The Bertz CT molecular complexity index is 904. The number of nitrogens with zero attached hydrogens (tertiary/aromatic N) is 2. The van der Waals surface area contributed by atoms with Crippen molar-refractivity contribution in [2.75, 3.05) is 18.1 Å². The van der Waals surface area contributed by atoms with Crippen LogP contribution in [0.25, 0.3) is 16.9 Å². The highest BCUT2D eigenvalue weighted by Gasteiger charge is 2.23. The maximum Gasteiger partial charge on any atom is 0.148 e. The van der Waals surface area contributed by atoms with Gasteiger partial charge in [-0.25, -0.2) is 9.07 Å². The van der Waals surface area contributed by atoms with Gasteiger partial charge in [0.1, 0.15) is 17.3 Å². The molecule has 0 radical (unpaired) electrons. The summed E-state index contributed by atoms with van der Waals surface area (Å²) >= 11 is 1.71. The minimum Gasteiger partial charge on any atom is -0.370 e. The first-order valence-electron chi connectivity index (χ1n) is 8.53. The van der Waals surface area contributed by atoms with Crippen LogP contribution in [0.3, 0.4) is 0 Å². The Kier molecular flexibility index (Phi) is 4.49. The largest absolute Gasteiger partial charge is 0.370 e. The molecular formula is C20H20FN3S.